The Morgan fingerprint density at radius 1 is 1.42 bits per heavy atom. The van der Waals surface area contributed by atoms with Crippen LogP contribution in [0.1, 0.15) is 30.6 Å². The Balaban J connectivity index is 1.98. The van der Waals surface area contributed by atoms with E-state index in [0.717, 1.165) is 22.6 Å². The van der Waals surface area contributed by atoms with Gasteiger partial charge in [0.05, 0.1) is 18.2 Å². The zero-order chi connectivity index (χ0) is 13.8. The summed E-state index contributed by atoms with van der Waals surface area (Å²) in [5.74, 6) is -0.657. The smallest absolute Gasteiger partial charge is 0.348 e. The van der Waals surface area contributed by atoms with Gasteiger partial charge in [-0.15, -0.1) is 11.3 Å². The highest BCUT2D eigenvalue weighted by molar-refractivity contribution is 7.15. The van der Waals surface area contributed by atoms with Crippen LogP contribution >= 0.6 is 11.3 Å². The quantitative estimate of drug-likeness (QED) is 0.831. The molecule has 0 bridgehead atoms. The molecule has 0 radical (unpaired) electrons. The first-order valence-corrected chi connectivity index (χ1v) is 6.38. The molecule has 0 aliphatic rings. The number of rotatable bonds is 4. The third kappa shape index (κ3) is 3.00. The van der Waals surface area contributed by atoms with Crippen LogP contribution in [0.2, 0.25) is 0 Å². The lowest BCUT2D eigenvalue weighted by atomic mass is 10.2. The van der Waals surface area contributed by atoms with Crippen LogP contribution in [0.3, 0.4) is 0 Å². The highest BCUT2D eigenvalue weighted by Crippen LogP contribution is 2.17. The number of aromatic amines is 1. The number of aryl methyl sites for hydroxylation is 1. The van der Waals surface area contributed by atoms with Gasteiger partial charge < -0.3 is 10.1 Å². The van der Waals surface area contributed by atoms with Crippen LogP contribution < -0.4 is 5.32 Å². The van der Waals surface area contributed by atoms with Gasteiger partial charge in [0, 0.05) is 17.8 Å². The van der Waals surface area contributed by atoms with Crippen LogP contribution in [0.5, 0.6) is 0 Å². The fourth-order valence-corrected chi connectivity index (χ4v) is 2.33. The summed E-state index contributed by atoms with van der Waals surface area (Å²) in [6.45, 7) is 2.28. The van der Waals surface area contributed by atoms with Crippen molar-refractivity contribution >= 4 is 23.2 Å². The molecular formula is C12H13N3O3S. The molecule has 0 aliphatic carbocycles. The Hall–Kier alpha value is -2.15. The molecule has 0 atom stereocenters. The fourth-order valence-electron chi connectivity index (χ4n) is 1.49. The Morgan fingerprint density at radius 3 is 2.79 bits per heavy atom. The van der Waals surface area contributed by atoms with Gasteiger partial charge in [-0.3, -0.25) is 9.89 Å². The van der Waals surface area contributed by atoms with Crippen LogP contribution in [0, 0.1) is 6.92 Å². The molecule has 2 aromatic heterocycles. The number of esters is 1. The Labute approximate surface area is 113 Å². The summed E-state index contributed by atoms with van der Waals surface area (Å²) in [6, 6.07) is 3.18. The van der Waals surface area contributed by atoms with E-state index in [0.29, 0.717) is 16.3 Å². The van der Waals surface area contributed by atoms with E-state index >= 15 is 0 Å². The van der Waals surface area contributed by atoms with E-state index in [-0.39, 0.29) is 5.91 Å². The van der Waals surface area contributed by atoms with Crippen LogP contribution in [0.25, 0.3) is 0 Å². The molecule has 2 N–H and O–H groups in total. The third-order valence-corrected chi connectivity index (χ3v) is 3.65. The highest BCUT2D eigenvalue weighted by atomic mass is 32.1. The van der Waals surface area contributed by atoms with Crippen molar-refractivity contribution in [3.8, 4) is 0 Å². The minimum absolute atomic E-state index is 0.222. The Bertz CT molecular complexity index is 603. The number of ether oxygens (including phenoxy) is 1. The number of nitrogens with one attached hydrogen (secondary N) is 2. The zero-order valence-electron chi connectivity index (χ0n) is 10.5. The number of hydrogen-bond donors (Lipinski definition) is 2. The predicted octanol–water partition coefficient (Wildman–Crippen LogP) is 1.50. The van der Waals surface area contributed by atoms with E-state index in [4.69, 9.17) is 0 Å². The number of carbonyl (C=O) groups is 2. The topological polar surface area (TPSA) is 84.1 Å². The number of carbonyl (C=O) groups excluding carboxylic acids is 2. The summed E-state index contributed by atoms with van der Waals surface area (Å²) in [4.78, 5) is 24.1. The molecule has 2 rings (SSSR count). The second kappa shape index (κ2) is 5.66. The monoisotopic (exact) mass is 279 g/mol. The molecule has 0 fully saturated rings. The summed E-state index contributed by atoms with van der Waals surface area (Å²) < 4.78 is 4.59. The van der Waals surface area contributed by atoms with Crippen molar-refractivity contribution in [2.45, 2.75) is 13.5 Å². The maximum atomic E-state index is 11.9. The van der Waals surface area contributed by atoms with Crippen LogP contribution in [-0.2, 0) is 11.3 Å². The number of hydrogen-bond acceptors (Lipinski definition) is 5. The summed E-state index contributed by atoms with van der Waals surface area (Å²) in [7, 11) is 1.31. The Kier molecular flexibility index (Phi) is 3.96. The van der Waals surface area contributed by atoms with Crippen molar-refractivity contribution in [1.29, 1.82) is 0 Å². The van der Waals surface area contributed by atoms with Crippen molar-refractivity contribution in [2.75, 3.05) is 7.11 Å². The van der Waals surface area contributed by atoms with Crippen LogP contribution in [0.15, 0.2) is 18.3 Å². The molecular weight excluding hydrogens is 266 g/mol. The summed E-state index contributed by atoms with van der Waals surface area (Å²) in [6.07, 6.45) is 1.67. The van der Waals surface area contributed by atoms with E-state index in [2.05, 4.69) is 20.3 Å². The molecule has 7 heteroatoms. The van der Waals surface area contributed by atoms with Gasteiger partial charge in [0.15, 0.2) is 0 Å². The highest BCUT2D eigenvalue weighted by Gasteiger charge is 2.14. The lowest BCUT2D eigenvalue weighted by Crippen LogP contribution is -2.21. The molecule has 2 aromatic rings. The predicted molar refractivity (Wildman–Crippen MR) is 70.2 cm³/mol. The zero-order valence-corrected chi connectivity index (χ0v) is 11.3. The molecule has 1 amide bonds. The van der Waals surface area contributed by atoms with Crippen LogP contribution in [0.4, 0.5) is 0 Å². The number of H-pyrrole nitrogens is 1. The van der Waals surface area contributed by atoms with Gasteiger partial charge in [-0.05, 0) is 19.1 Å². The number of thiophene rings is 1. The second-order valence-corrected chi connectivity index (χ2v) is 4.94. The van der Waals surface area contributed by atoms with Gasteiger partial charge in [0.2, 0.25) is 0 Å². The third-order valence-electron chi connectivity index (χ3n) is 2.59. The molecule has 0 saturated heterocycles. The summed E-state index contributed by atoms with van der Waals surface area (Å²) in [5, 5.41) is 9.45. The van der Waals surface area contributed by atoms with E-state index in [9.17, 15) is 9.59 Å². The standard InChI is InChI=1S/C12H13N3O3S/c1-7-8(6-14-15-7)5-13-11(16)9-3-4-10(19-9)12(17)18-2/h3-4,6H,5H2,1-2H3,(H,13,16)(H,14,15). The second-order valence-electron chi connectivity index (χ2n) is 3.86. The van der Waals surface area contributed by atoms with Crippen molar-refractivity contribution in [3.05, 3.63) is 39.3 Å². The van der Waals surface area contributed by atoms with Gasteiger partial charge in [0.1, 0.15) is 4.88 Å². The van der Waals surface area contributed by atoms with Gasteiger partial charge in [-0.1, -0.05) is 0 Å². The number of aromatic nitrogens is 2. The molecule has 100 valence electrons. The minimum Gasteiger partial charge on any atom is -0.465 e. The average Bonchev–Trinajstić information content (AvgIpc) is 3.04. The molecule has 0 aliphatic heterocycles. The largest absolute Gasteiger partial charge is 0.465 e. The molecule has 2 heterocycles. The molecule has 6 nitrogen and oxygen atoms in total. The van der Waals surface area contributed by atoms with Crippen molar-refractivity contribution in [2.24, 2.45) is 0 Å². The van der Waals surface area contributed by atoms with Crippen LogP contribution in [-0.4, -0.2) is 29.2 Å². The van der Waals surface area contributed by atoms with Gasteiger partial charge >= 0.3 is 5.97 Å². The first-order chi connectivity index (χ1) is 9.11. The van der Waals surface area contributed by atoms with E-state index in [1.807, 2.05) is 6.92 Å². The molecule has 0 aromatic carbocycles. The van der Waals surface area contributed by atoms with Crippen molar-refractivity contribution < 1.29 is 14.3 Å². The van der Waals surface area contributed by atoms with Gasteiger partial charge in [-0.2, -0.15) is 5.10 Å². The lowest BCUT2D eigenvalue weighted by Gasteiger charge is -2.02. The fraction of sp³-hybridized carbons (Fsp3) is 0.250. The average molecular weight is 279 g/mol. The normalized spacial score (nSPS) is 10.2. The van der Waals surface area contributed by atoms with E-state index in [1.54, 1.807) is 18.3 Å². The summed E-state index contributed by atoms with van der Waals surface area (Å²) >= 11 is 1.11. The van der Waals surface area contributed by atoms with Gasteiger partial charge in [-0.25, -0.2) is 4.79 Å². The van der Waals surface area contributed by atoms with Gasteiger partial charge in [0.25, 0.3) is 5.91 Å². The first kappa shape index (κ1) is 13.3. The maximum absolute atomic E-state index is 11.9. The molecule has 0 spiro atoms. The van der Waals surface area contributed by atoms with Crippen molar-refractivity contribution in [1.82, 2.24) is 15.5 Å². The van der Waals surface area contributed by atoms with E-state index in [1.165, 1.54) is 7.11 Å². The number of methoxy groups -OCH3 is 1. The molecule has 0 unspecified atom stereocenters. The van der Waals surface area contributed by atoms with E-state index < -0.39 is 5.97 Å². The SMILES string of the molecule is COC(=O)c1ccc(C(=O)NCc2cn[nH]c2C)s1. The number of nitrogens with zero attached hydrogens (tertiary/aromatic N) is 1. The molecule has 0 saturated carbocycles. The number of amides is 1. The summed E-state index contributed by atoms with van der Waals surface area (Å²) in [5.41, 5.74) is 1.85. The molecule has 19 heavy (non-hydrogen) atoms. The first-order valence-electron chi connectivity index (χ1n) is 5.57. The maximum Gasteiger partial charge on any atom is 0.348 e. The minimum atomic E-state index is -0.435. The lowest BCUT2D eigenvalue weighted by molar-refractivity contribution is 0.0606. The van der Waals surface area contributed by atoms with Crippen molar-refractivity contribution in [3.63, 3.8) is 0 Å². The Morgan fingerprint density at radius 2 is 2.16 bits per heavy atom.